The first-order valence-corrected chi connectivity index (χ1v) is 10.7. The minimum absolute atomic E-state index is 0. The summed E-state index contributed by atoms with van der Waals surface area (Å²) < 4.78 is 0. The molecule has 7 nitrogen and oxygen atoms in total. The summed E-state index contributed by atoms with van der Waals surface area (Å²) in [6.07, 6.45) is 6.00. The molecule has 4 rings (SSSR count). The van der Waals surface area contributed by atoms with Gasteiger partial charge in [0.15, 0.2) is 0 Å². The van der Waals surface area contributed by atoms with Gasteiger partial charge in [-0.25, -0.2) is 9.97 Å². The van der Waals surface area contributed by atoms with Crippen LogP contribution in [0.25, 0.3) is 22.2 Å². The van der Waals surface area contributed by atoms with Crippen molar-refractivity contribution < 1.29 is 4.79 Å². The number of benzene rings is 1. The number of rotatable bonds is 7. The molecule has 0 aliphatic carbocycles. The lowest BCUT2D eigenvalue weighted by molar-refractivity contribution is 0.0964. The summed E-state index contributed by atoms with van der Waals surface area (Å²) in [5.41, 5.74) is 5.39. The van der Waals surface area contributed by atoms with Gasteiger partial charge in [0.1, 0.15) is 12.1 Å². The van der Waals surface area contributed by atoms with Crippen molar-refractivity contribution in [1.82, 2.24) is 25.3 Å². The molecule has 33 heavy (non-hydrogen) atoms. The van der Waals surface area contributed by atoms with E-state index in [0.717, 1.165) is 45.7 Å². The van der Waals surface area contributed by atoms with Crippen molar-refractivity contribution >= 4 is 36.1 Å². The van der Waals surface area contributed by atoms with E-state index in [0.29, 0.717) is 12.1 Å². The number of nitrogens with zero attached hydrogens (tertiary/aromatic N) is 4. The number of nitrogens with one attached hydrogen (secondary N) is 2. The monoisotopic (exact) mass is 460 g/mol. The van der Waals surface area contributed by atoms with Gasteiger partial charge in [-0.1, -0.05) is 32.0 Å². The van der Waals surface area contributed by atoms with E-state index in [1.165, 1.54) is 0 Å². The third-order valence-electron chi connectivity index (χ3n) is 5.54. The molecule has 0 saturated carbocycles. The van der Waals surface area contributed by atoms with E-state index in [9.17, 15) is 4.79 Å². The predicted octanol–water partition coefficient (Wildman–Crippen LogP) is 4.34. The fourth-order valence-corrected chi connectivity index (χ4v) is 3.69. The third kappa shape index (κ3) is 5.28. The fourth-order valence-electron chi connectivity index (χ4n) is 3.69. The van der Waals surface area contributed by atoms with Crippen LogP contribution in [0.5, 0.6) is 0 Å². The van der Waals surface area contributed by atoms with Gasteiger partial charge in [0.05, 0.1) is 16.8 Å². The molecule has 170 valence electrons. The number of anilines is 1. The number of aromatic nitrogens is 4. The van der Waals surface area contributed by atoms with Crippen molar-refractivity contribution in [2.45, 2.75) is 26.2 Å². The molecule has 0 bridgehead atoms. The first kappa shape index (κ1) is 24.1. The van der Waals surface area contributed by atoms with Crippen LogP contribution in [-0.2, 0) is 6.42 Å². The minimum atomic E-state index is -0.115. The smallest absolute Gasteiger partial charge is 0.251 e. The Morgan fingerprint density at radius 3 is 2.64 bits per heavy atom. The number of pyridine rings is 2. The normalized spacial score (nSPS) is 11.5. The van der Waals surface area contributed by atoms with Crippen LogP contribution >= 0.6 is 13.5 Å². The third-order valence-corrected chi connectivity index (χ3v) is 5.54. The Labute approximate surface area is 200 Å². The van der Waals surface area contributed by atoms with Gasteiger partial charge in [-0.15, -0.1) is 0 Å². The van der Waals surface area contributed by atoms with Gasteiger partial charge >= 0.3 is 0 Å². The maximum atomic E-state index is 12.2. The van der Waals surface area contributed by atoms with Crippen molar-refractivity contribution in [3.05, 3.63) is 78.0 Å². The number of carbonyl (C=O) groups is 1. The standard InChI is InChI=1S/C25H26N6O.H2S/c1-4-18-9-8-17(14-28-18)22-12-23(31-15-30-22)29-13-16(2)19-6-5-7-20-21(25(32)26-3)10-11-27-24(19)20;/h5-12,14-16H,4,13H2,1-3H3,(H,26,32)(H,29,30,31);1H2/t16-;/m1./s1. The van der Waals surface area contributed by atoms with E-state index in [4.69, 9.17) is 0 Å². The zero-order chi connectivity index (χ0) is 22.5. The molecule has 0 aliphatic heterocycles. The Balaban J connectivity index is 0.00000306. The molecule has 1 amide bonds. The van der Waals surface area contributed by atoms with E-state index in [2.05, 4.69) is 50.5 Å². The molecule has 1 atom stereocenters. The van der Waals surface area contributed by atoms with Crippen molar-refractivity contribution in [2.75, 3.05) is 18.9 Å². The summed E-state index contributed by atoms with van der Waals surface area (Å²) >= 11 is 0. The van der Waals surface area contributed by atoms with Crippen LogP contribution in [0.15, 0.2) is 61.2 Å². The average molecular weight is 461 g/mol. The summed E-state index contributed by atoms with van der Waals surface area (Å²) in [5.74, 6) is 0.783. The molecule has 4 aromatic rings. The van der Waals surface area contributed by atoms with E-state index in [1.807, 2.05) is 36.5 Å². The Hall–Kier alpha value is -3.52. The Morgan fingerprint density at radius 2 is 1.91 bits per heavy atom. The number of hydrogen-bond acceptors (Lipinski definition) is 6. The largest absolute Gasteiger partial charge is 0.369 e. The van der Waals surface area contributed by atoms with Gasteiger partial charge in [0.25, 0.3) is 5.91 Å². The highest BCUT2D eigenvalue weighted by molar-refractivity contribution is 7.59. The average Bonchev–Trinajstić information content (AvgIpc) is 2.86. The van der Waals surface area contributed by atoms with Crippen molar-refractivity contribution in [3.8, 4) is 11.3 Å². The van der Waals surface area contributed by atoms with E-state index in [1.54, 1.807) is 25.6 Å². The van der Waals surface area contributed by atoms with Crippen LogP contribution in [0.2, 0.25) is 0 Å². The van der Waals surface area contributed by atoms with Gasteiger partial charge in [-0.2, -0.15) is 13.5 Å². The van der Waals surface area contributed by atoms with Gasteiger partial charge < -0.3 is 10.6 Å². The number of fused-ring (bicyclic) bond motifs is 1. The SMILES string of the molecule is CCc1ccc(-c2cc(NC[C@@H](C)c3cccc4c(C(=O)NC)ccnc34)ncn2)cn1.S. The lowest BCUT2D eigenvalue weighted by Gasteiger charge is -2.16. The highest BCUT2D eigenvalue weighted by atomic mass is 32.1. The van der Waals surface area contributed by atoms with Gasteiger partial charge in [0.2, 0.25) is 0 Å². The molecule has 8 heteroatoms. The molecule has 2 N–H and O–H groups in total. The summed E-state index contributed by atoms with van der Waals surface area (Å²) in [4.78, 5) is 30.0. The van der Waals surface area contributed by atoms with E-state index in [-0.39, 0.29) is 25.3 Å². The van der Waals surface area contributed by atoms with Crippen molar-refractivity contribution in [1.29, 1.82) is 0 Å². The second-order valence-corrected chi connectivity index (χ2v) is 7.64. The number of hydrogen-bond donors (Lipinski definition) is 2. The first-order valence-electron chi connectivity index (χ1n) is 10.7. The lowest BCUT2D eigenvalue weighted by Crippen LogP contribution is -2.18. The zero-order valence-electron chi connectivity index (χ0n) is 19.0. The zero-order valence-corrected chi connectivity index (χ0v) is 20.0. The molecule has 3 aromatic heterocycles. The molecule has 0 aliphatic rings. The summed E-state index contributed by atoms with van der Waals surface area (Å²) in [5, 5.41) is 6.96. The minimum Gasteiger partial charge on any atom is -0.369 e. The lowest BCUT2D eigenvalue weighted by atomic mass is 9.96. The summed E-state index contributed by atoms with van der Waals surface area (Å²) in [7, 11) is 1.63. The molecule has 0 unspecified atom stereocenters. The van der Waals surface area contributed by atoms with Crippen LogP contribution in [-0.4, -0.2) is 39.4 Å². The summed E-state index contributed by atoms with van der Waals surface area (Å²) in [6, 6.07) is 13.7. The Kier molecular flexibility index (Phi) is 7.95. The van der Waals surface area contributed by atoms with E-state index >= 15 is 0 Å². The van der Waals surface area contributed by atoms with Gasteiger partial charge in [0, 0.05) is 54.6 Å². The number of aryl methyl sites for hydroxylation is 1. The molecular formula is C25H28N6OS. The molecule has 3 heterocycles. The quantitative estimate of drug-likeness (QED) is 0.426. The molecule has 0 fully saturated rings. The molecular weight excluding hydrogens is 432 g/mol. The second-order valence-electron chi connectivity index (χ2n) is 7.64. The highest BCUT2D eigenvalue weighted by Crippen LogP contribution is 2.27. The van der Waals surface area contributed by atoms with Crippen LogP contribution in [0.1, 0.15) is 41.4 Å². The highest BCUT2D eigenvalue weighted by Gasteiger charge is 2.15. The summed E-state index contributed by atoms with van der Waals surface area (Å²) in [6.45, 7) is 4.88. The van der Waals surface area contributed by atoms with Gasteiger partial charge in [-0.3, -0.25) is 14.8 Å². The predicted molar refractivity (Wildman–Crippen MR) is 137 cm³/mol. The van der Waals surface area contributed by atoms with Crippen LogP contribution in [0.3, 0.4) is 0 Å². The number of amides is 1. The number of para-hydroxylation sites is 1. The number of carbonyl (C=O) groups excluding carboxylic acids is 1. The van der Waals surface area contributed by atoms with Gasteiger partial charge in [-0.05, 0) is 30.2 Å². The maximum Gasteiger partial charge on any atom is 0.251 e. The topological polar surface area (TPSA) is 92.7 Å². The first-order chi connectivity index (χ1) is 15.6. The Bertz CT molecular complexity index is 1250. The molecule has 0 spiro atoms. The maximum absolute atomic E-state index is 12.2. The van der Waals surface area contributed by atoms with Crippen molar-refractivity contribution in [3.63, 3.8) is 0 Å². The van der Waals surface area contributed by atoms with Crippen molar-refractivity contribution in [2.24, 2.45) is 0 Å². The van der Waals surface area contributed by atoms with Crippen LogP contribution in [0.4, 0.5) is 5.82 Å². The Morgan fingerprint density at radius 1 is 1.06 bits per heavy atom. The fraction of sp³-hybridized carbons (Fsp3) is 0.240. The van der Waals surface area contributed by atoms with E-state index < -0.39 is 0 Å². The van der Waals surface area contributed by atoms with Crippen LogP contribution in [0, 0.1) is 0 Å². The molecule has 0 radical (unpaired) electrons. The molecule has 1 aromatic carbocycles. The second kappa shape index (κ2) is 10.9. The van der Waals surface area contributed by atoms with Crippen LogP contribution < -0.4 is 10.6 Å². The molecule has 0 saturated heterocycles.